The lowest BCUT2D eigenvalue weighted by atomic mass is 10.1. The zero-order valence-electron chi connectivity index (χ0n) is 14.4. The zero-order valence-corrected chi connectivity index (χ0v) is 14.4. The summed E-state index contributed by atoms with van der Waals surface area (Å²) >= 11 is 0. The number of rotatable bonds is 5. The Morgan fingerprint density at radius 2 is 1.78 bits per heavy atom. The van der Waals surface area contributed by atoms with E-state index in [0.29, 0.717) is 5.70 Å². The molecule has 0 fully saturated rings. The molecular weight excluding hydrogens is 296 g/mol. The predicted octanol–water partition coefficient (Wildman–Crippen LogP) is 5.81. The predicted molar refractivity (Wildman–Crippen MR) is 92.5 cm³/mol. The molecular formula is C19H25F2NO. The minimum atomic E-state index is -2.69. The fraction of sp³-hybridized carbons (Fsp3) is 0.316. The van der Waals surface area contributed by atoms with Gasteiger partial charge < -0.3 is 5.32 Å². The fourth-order valence-corrected chi connectivity index (χ4v) is 1.74. The average Bonchev–Trinajstić information content (AvgIpc) is 2.55. The van der Waals surface area contributed by atoms with E-state index in [-0.39, 0.29) is 11.1 Å². The number of carbonyl (C=O) groups is 1. The van der Waals surface area contributed by atoms with Gasteiger partial charge in [0.1, 0.15) is 0 Å². The fourth-order valence-electron chi connectivity index (χ4n) is 1.74. The molecule has 4 heteroatoms. The third-order valence-electron chi connectivity index (χ3n) is 3.07. The molecule has 0 atom stereocenters. The van der Waals surface area contributed by atoms with E-state index >= 15 is 0 Å². The standard InChI is InChI=1S/C17H19F2NO.C2H6/c1-5-8-15(12(4)11(2)3)20-17(21)14-10-7-6-9-13(14)16(18)19;1-2/h5-10,16H,2H2,1,3-4H3,(H,20,21);1-2H3/b8-5-,15-12-;. The van der Waals surface area contributed by atoms with E-state index < -0.39 is 12.3 Å². The van der Waals surface area contributed by atoms with Crippen molar-refractivity contribution >= 4 is 5.91 Å². The molecule has 0 bridgehead atoms. The van der Waals surface area contributed by atoms with Crippen LogP contribution in [0.3, 0.4) is 0 Å². The molecule has 1 aromatic carbocycles. The topological polar surface area (TPSA) is 29.1 Å². The summed E-state index contributed by atoms with van der Waals surface area (Å²) in [5, 5.41) is 2.67. The number of nitrogens with one attached hydrogen (secondary N) is 1. The van der Waals surface area contributed by atoms with Crippen LogP contribution in [0.2, 0.25) is 0 Å². The highest BCUT2D eigenvalue weighted by atomic mass is 19.3. The molecule has 0 unspecified atom stereocenters. The number of hydrogen-bond donors (Lipinski definition) is 1. The monoisotopic (exact) mass is 321 g/mol. The summed E-state index contributed by atoms with van der Waals surface area (Å²) in [7, 11) is 0. The van der Waals surface area contributed by atoms with Crippen molar-refractivity contribution < 1.29 is 13.6 Å². The Morgan fingerprint density at radius 1 is 1.22 bits per heavy atom. The van der Waals surface area contributed by atoms with Crippen molar-refractivity contribution in [2.75, 3.05) is 0 Å². The van der Waals surface area contributed by atoms with Crippen LogP contribution in [0, 0.1) is 0 Å². The average molecular weight is 321 g/mol. The zero-order chi connectivity index (χ0) is 18.0. The van der Waals surface area contributed by atoms with E-state index in [9.17, 15) is 13.6 Å². The number of alkyl halides is 2. The molecule has 0 saturated heterocycles. The summed E-state index contributed by atoms with van der Waals surface area (Å²) < 4.78 is 25.9. The van der Waals surface area contributed by atoms with Gasteiger partial charge in [0.15, 0.2) is 0 Å². The Morgan fingerprint density at radius 3 is 2.26 bits per heavy atom. The maximum atomic E-state index is 12.9. The third-order valence-corrected chi connectivity index (χ3v) is 3.07. The second-order valence-electron chi connectivity index (χ2n) is 4.66. The van der Waals surface area contributed by atoms with Gasteiger partial charge in [-0.1, -0.05) is 50.3 Å². The van der Waals surface area contributed by atoms with Gasteiger partial charge in [-0.25, -0.2) is 8.78 Å². The summed E-state index contributed by atoms with van der Waals surface area (Å²) in [6.07, 6.45) is 0.789. The highest BCUT2D eigenvalue weighted by molar-refractivity contribution is 5.97. The summed E-state index contributed by atoms with van der Waals surface area (Å²) in [6.45, 7) is 13.3. The van der Waals surface area contributed by atoms with E-state index in [0.717, 1.165) is 11.1 Å². The van der Waals surface area contributed by atoms with Crippen molar-refractivity contribution in [1.29, 1.82) is 0 Å². The number of hydrogen-bond acceptors (Lipinski definition) is 1. The highest BCUT2D eigenvalue weighted by Crippen LogP contribution is 2.23. The summed E-state index contributed by atoms with van der Waals surface area (Å²) in [4.78, 5) is 12.2. The normalized spacial score (nSPS) is 11.7. The smallest absolute Gasteiger partial charge is 0.264 e. The molecule has 0 radical (unpaired) electrons. The second kappa shape index (κ2) is 10.5. The molecule has 0 heterocycles. The van der Waals surface area contributed by atoms with Gasteiger partial charge in [0.25, 0.3) is 12.3 Å². The molecule has 0 aromatic heterocycles. The number of carbonyl (C=O) groups excluding carboxylic acids is 1. The maximum Gasteiger partial charge on any atom is 0.264 e. The van der Waals surface area contributed by atoms with Crippen LogP contribution in [0.15, 0.2) is 59.8 Å². The van der Waals surface area contributed by atoms with Gasteiger partial charge in [-0.05, 0) is 38.5 Å². The number of halogens is 2. The van der Waals surface area contributed by atoms with Crippen LogP contribution in [0.5, 0.6) is 0 Å². The van der Waals surface area contributed by atoms with Crippen molar-refractivity contribution in [3.05, 3.63) is 71.0 Å². The van der Waals surface area contributed by atoms with Crippen LogP contribution in [0.1, 0.15) is 57.0 Å². The molecule has 0 aliphatic heterocycles. The molecule has 0 aliphatic rings. The molecule has 126 valence electrons. The van der Waals surface area contributed by atoms with Gasteiger partial charge >= 0.3 is 0 Å². The number of allylic oxidation sites excluding steroid dienone is 4. The Kier molecular flexibility index (Phi) is 9.47. The van der Waals surface area contributed by atoms with Crippen LogP contribution in [-0.2, 0) is 0 Å². The van der Waals surface area contributed by atoms with Gasteiger partial charge in [-0.2, -0.15) is 0 Å². The lowest BCUT2D eigenvalue weighted by Crippen LogP contribution is -2.24. The first-order valence-electron chi connectivity index (χ1n) is 7.56. The number of benzene rings is 1. The molecule has 2 nitrogen and oxygen atoms in total. The quantitative estimate of drug-likeness (QED) is 0.682. The number of amides is 1. The van der Waals surface area contributed by atoms with Crippen LogP contribution >= 0.6 is 0 Å². The molecule has 0 spiro atoms. The molecule has 1 aromatic rings. The first kappa shape index (κ1) is 20.8. The van der Waals surface area contributed by atoms with Crippen LogP contribution in [0.4, 0.5) is 8.78 Å². The van der Waals surface area contributed by atoms with Gasteiger partial charge in [0.2, 0.25) is 0 Å². The van der Waals surface area contributed by atoms with Crippen molar-refractivity contribution in [1.82, 2.24) is 5.32 Å². The third kappa shape index (κ3) is 6.19. The summed E-state index contributed by atoms with van der Waals surface area (Å²) in [5.74, 6) is -0.556. The Labute approximate surface area is 137 Å². The van der Waals surface area contributed by atoms with Crippen LogP contribution in [0.25, 0.3) is 0 Å². The largest absolute Gasteiger partial charge is 0.322 e. The van der Waals surface area contributed by atoms with Gasteiger partial charge in [-0.15, -0.1) is 0 Å². The van der Waals surface area contributed by atoms with Gasteiger partial charge in [0, 0.05) is 16.8 Å². The van der Waals surface area contributed by atoms with Crippen molar-refractivity contribution in [3.63, 3.8) is 0 Å². The first-order valence-corrected chi connectivity index (χ1v) is 7.56. The molecule has 1 rings (SSSR count). The van der Waals surface area contributed by atoms with Crippen molar-refractivity contribution in [2.45, 2.75) is 41.0 Å². The molecule has 1 N–H and O–H groups in total. The molecule has 23 heavy (non-hydrogen) atoms. The SMILES string of the molecule is C=C(C)/C(C)=C(/C=C\C)NC(=O)c1ccccc1C(F)F.CC. The highest BCUT2D eigenvalue weighted by Gasteiger charge is 2.18. The van der Waals surface area contributed by atoms with E-state index in [2.05, 4.69) is 11.9 Å². The molecule has 1 amide bonds. The lowest BCUT2D eigenvalue weighted by molar-refractivity contribution is 0.0953. The van der Waals surface area contributed by atoms with E-state index in [1.165, 1.54) is 18.2 Å². The molecule has 0 aliphatic carbocycles. The first-order chi connectivity index (χ1) is 10.9. The van der Waals surface area contributed by atoms with E-state index in [4.69, 9.17) is 0 Å². The van der Waals surface area contributed by atoms with Crippen molar-refractivity contribution in [3.8, 4) is 0 Å². The Bertz CT molecular complexity index is 601. The van der Waals surface area contributed by atoms with Crippen molar-refractivity contribution in [2.24, 2.45) is 0 Å². The minimum absolute atomic E-state index is 0.0241. The van der Waals surface area contributed by atoms with Gasteiger partial charge in [-0.3, -0.25) is 4.79 Å². The van der Waals surface area contributed by atoms with E-state index in [1.807, 2.05) is 34.6 Å². The van der Waals surface area contributed by atoms with E-state index in [1.54, 1.807) is 18.2 Å². The molecule has 0 saturated carbocycles. The van der Waals surface area contributed by atoms with Gasteiger partial charge in [0.05, 0.1) is 0 Å². The Balaban J connectivity index is 0.00000232. The Hall–Kier alpha value is -2.23. The summed E-state index contributed by atoms with van der Waals surface area (Å²) in [6, 6.07) is 5.69. The van der Waals surface area contributed by atoms with Crippen LogP contribution < -0.4 is 5.32 Å². The maximum absolute atomic E-state index is 12.9. The summed E-state index contributed by atoms with van der Waals surface area (Å²) in [5.41, 5.74) is 1.85. The second-order valence-corrected chi connectivity index (χ2v) is 4.66. The van der Waals surface area contributed by atoms with Crippen LogP contribution in [-0.4, -0.2) is 5.91 Å². The lowest BCUT2D eigenvalue weighted by Gasteiger charge is -2.13. The minimum Gasteiger partial charge on any atom is -0.322 e.